The quantitative estimate of drug-likeness (QED) is 0.840. The Morgan fingerprint density at radius 3 is 2.45 bits per heavy atom. The van der Waals surface area contributed by atoms with Gasteiger partial charge in [0.25, 0.3) is 0 Å². The van der Waals surface area contributed by atoms with Crippen LogP contribution in [0.3, 0.4) is 0 Å². The van der Waals surface area contributed by atoms with Crippen LogP contribution in [0.1, 0.15) is 38.1 Å². The van der Waals surface area contributed by atoms with E-state index in [0.29, 0.717) is 10.7 Å². The third kappa shape index (κ3) is 4.83. The largest absolute Gasteiger partial charge is 0.444 e. The number of ether oxygens (including phenoxy) is 1. The molecule has 0 radical (unpaired) electrons. The van der Waals surface area contributed by atoms with Gasteiger partial charge in [-0.1, -0.05) is 11.6 Å². The Balaban J connectivity index is 3.01. The molecule has 0 spiro atoms. The van der Waals surface area contributed by atoms with Crippen molar-refractivity contribution in [1.82, 2.24) is 0 Å². The van der Waals surface area contributed by atoms with Gasteiger partial charge in [0.1, 0.15) is 5.60 Å². The van der Waals surface area contributed by atoms with Crippen LogP contribution in [-0.2, 0) is 4.74 Å². The van der Waals surface area contributed by atoms with Gasteiger partial charge in [0.2, 0.25) is 0 Å². The first-order valence-electron chi connectivity index (χ1n) is 6.19. The van der Waals surface area contributed by atoms with Crippen molar-refractivity contribution in [2.24, 2.45) is 5.73 Å². The molecule has 0 fully saturated rings. The molecule has 0 saturated heterocycles. The van der Waals surface area contributed by atoms with E-state index in [9.17, 15) is 9.59 Å². The lowest BCUT2D eigenvalue weighted by Crippen LogP contribution is -2.30. The molecule has 0 heterocycles. The van der Waals surface area contributed by atoms with Crippen LogP contribution in [0, 0.1) is 0 Å². The van der Waals surface area contributed by atoms with E-state index in [-0.39, 0.29) is 11.3 Å². The van der Waals surface area contributed by atoms with Crippen LogP contribution in [-0.4, -0.2) is 23.5 Å². The number of hydrogen-bond donors (Lipinski definition) is 2. The molecule has 1 amide bonds. The molecule has 110 valence electrons. The fourth-order valence-electron chi connectivity index (χ4n) is 1.49. The predicted molar refractivity (Wildman–Crippen MR) is 79.3 cm³/mol. The van der Waals surface area contributed by atoms with Crippen LogP contribution in [0.5, 0.6) is 0 Å². The number of carbonyl (C=O) groups is 2. The second kappa shape index (κ2) is 6.24. The maximum absolute atomic E-state index is 12.0. The van der Waals surface area contributed by atoms with Gasteiger partial charge in [-0.05, 0) is 45.9 Å². The zero-order valence-electron chi connectivity index (χ0n) is 12.0. The third-order valence-corrected chi connectivity index (χ3v) is 2.53. The number of carbonyl (C=O) groups excluding carboxylic acids is 2. The molecule has 0 aromatic heterocycles. The lowest BCUT2D eigenvalue weighted by atomic mass is 10.0. The Labute approximate surface area is 123 Å². The summed E-state index contributed by atoms with van der Waals surface area (Å²) in [5.41, 5.74) is 5.55. The zero-order valence-corrected chi connectivity index (χ0v) is 12.7. The first kappa shape index (κ1) is 16.5. The summed E-state index contributed by atoms with van der Waals surface area (Å²) in [5, 5.41) is 2.93. The van der Waals surface area contributed by atoms with Gasteiger partial charge in [-0.3, -0.25) is 10.1 Å². The average Bonchev–Trinajstić information content (AvgIpc) is 2.27. The summed E-state index contributed by atoms with van der Waals surface area (Å²) in [6.45, 7) is 6.83. The van der Waals surface area contributed by atoms with Crippen molar-refractivity contribution in [3.63, 3.8) is 0 Å². The Morgan fingerprint density at radius 1 is 1.35 bits per heavy atom. The van der Waals surface area contributed by atoms with Gasteiger partial charge in [0.15, 0.2) is 5.78 Å². The lowest BCUT2D eigenvalue weighted by Gasteiger charge is -2.20. The van der Waals surface area contributed by atoms with E-state index in [1.54, 1.807) is 39.8 Å². The number of ketones is 1. The summed E-state index contributed by atoms with van der Waals surface area (Å²) < 4.78 is 5.14. The third-order valence-electron chi connectivity index (χ3n) is 2.30. The summed E-state index contributed by atoms with van der Waals surface area (Å²) in [4.78, 5) is 23.8. The van der Waals surface area contributed by atoms with Crippen LogP contribution in [0.25, 0.3) is 0 Å². The molecule has 5 nitrogen and oxygen atoms in total. The van der Waals surface area contributed by atoms with Crippen LogP contribution in [0.2, 0.25) is 5.02 Å². The second-order valence-electron chi connectivity index (χ2n) is 5.47. The molecule has 1 aromatic carbocycles. The minimum Gasteiger partial charge on any atom is -0.444 e. The molecule has 1 aromatic rings. The van der Waals surface area contributed by atoms with Gasteiger partial charge in [0, 0.05) is 10.6 Å². The van der Waals surface area contributed by atoms with Crippen LogP contribution >= 0.6 is 11.6 Å². The Kier molecular flexibility index (Phi) is 5.14. The van der Waals surface area contributed by atoms with Gasteiger partial charge in [-0.2, -0.15) is 0 Å². The zero-order chi connectivity index (χ0) is 15.5. The van der Waals surface area contributed by atoms with Crippen LogP contribution < -0.4 is 11.1 Å². The Bertz CT molecular complexity index is 522. The Morgan fingerprint density at radius 2 is 1.95 bits per heavy atom. The monoisotopic (exact) mass is 298 g/mol. The van der Waals surface area contributed by atoms with E-state index in [2.05, 4.69) is 5.32 Å². The molecule has 1 unspecified atom stereocenters. The SMILES string of the molecule is CC(N)C(=O)c1cc(Cl)ccc1NC(=O)OC(C)(C)C. The molecule has 1 atom stereocenters. The number of benzene rings is 1. The summed E-state index contributed by atoms with van der Waals surface area (Å²) in [6.07, 6.45) is -0.640. The molecule has 1 rings (SSSR count). The Hall–Kier alpha value is -1.59. The highest BCUT2D eigenvalue weighted by atomic mass is 35.5. The van der Waals surface area contributed by atoms with Crippen molar-refractivity contribution >= 4 is 29.2 Å². The normalized spacial score (nSPS) is 12.7. The second-order valence-corrected chi connectivity index (χ2v) is 5.91. The van der Waals surface area contributed by atoms with Gasteiger partial charge in [-0.25, -0.2) is 4.79 Å². The molecule has 3 N–H and O–H groups in total. The van der Waals surface area contributed by atoms with Gasteiger partial charge in [0.05, 0.1) is 11.7 Å². The topological polar surface area (TPSA) is 81.4 Å². The summed E-state index contributed by atoms with van der Waals surface area (Å²) >= 11 is 5.87. The highest BCUT2D eigenvalue weighted by Crippen LogP contribution is 2.22. The summed E-state index contributed by atoms with van der Waals surface area (Å²) in [7, 11) is 0. The highest BCUT2D eigenvalue weighted by Gasteiger charge is 2.20. The summed E-state index contributed by atoms with van der Waals surface area (Å²) in [6, 6.07) is 3.90. The van der Waals surface area contributed by atoms with Crippen molar-refractivity contribution in [3.05, 3.63) is 28.8 Å². The first-order valence-corrected chi connectivity index (χ1v) is 6.57. The molecule has 0 saturated carbocycles. The highest BCUT2D eigenvalue weighted by molar-refractivity contribution is 6.31. The standard InChI is InChI=1S/C14H19ClN2O3/c1-8(16)12(18)10-7-9(15)5-6-11(10)17-13(19)20-14(2,3)4/h5-8H,16H2,1-4H3,(H,17,19). The van der Waals surface area contributed by atoms with Crippen molar-refractivity contribution in [3.8, 4) is 0 Å². The average molecular weight is 299 g/mol. The van der Waals surface area contributed by atoms with E-state index < -0.39 is 17.7 Å². The minimum atomic E-state index is -0.687. The van der Waals surface area contributed by atoms with E-state index in [4.69, 9.17) is 22.1 Å². The number of nitrogens with two attached hydrogens (primary N) is 1. The number of anilines is 1. The lowest BCUT2D eigenvalue weighted by molar-refractivity contribution is 0.0636. The van der Waals surface area contributed by atoms with Crippen LogP contribution in [0.15, 0.2) is 18.2 Å². The van der Waals surface area contributed by atoms with Crippen LogP contribution in [0.4, 0.5) is 10.5 Å². The molecule has 0 aliphatic rings. The van der Waals surface area contributed by atoms with Crippen molar-refractivity contribution in [2.75, 3.05) is 5.32 Å². The predicted octanol–water partition coefficient (Wildman–Crippen LogP) is 3.22. The first-order chi connectivity index (χ1) is 9.10. The van der Waals surface area contributed by atoms with Gasteiger partial charge in [-0.15, -0.1) is 0 Å². The molecule has 6 heteroatoms. The summed E-state index contributed by atoms with van der Waals surface area (Å²) in [5.74, 6) is -0.307. The number of nitrogens with one attached hydrogen (secondary N) is 1. The van der Waals surface area contributed by atoms with E-state index in [1.807, 2.05) is 0 Å². The number of amides is 1. The fourth-order valence-corrected chi connectivity index (χ4v) is 1.66. The molecule has 0 aliphatic carbocycles. The van der Waals surface area contributed by atoms with E-state index in [0.717, 1.165) is 0 Å². The fraction of sp³-hybridized carbons (Fsp3) is 0.429. The molecular weight excluding hydrogens is 280 g/mol. The smallest absolute Gasteiger partial charge is 0.412 e. The van der Waals surface area contributed by atoms with Crippen molar-refractivity contribution in [2.45, 2.75) is 39.3 Å². The molecule has 20 heavy (non-hydrogen) atoms. The van der Waals surface area contributed by atoms with Gasteiger partial charge < -0.3 is 10.5 Å². The van der Waals surface area contributed by atoms with E-state index in [1.165, 1.54) is 6.07 Å². The van der Waals surface area contributed by atoms with Gasteiger partial charge >= 0.3 is 6.09 Å². The van der Waals surface area contributed by atoms with Crippen molar-refractivity contribution < 1.29 is 14.3 Å². The number of hydrogen-bond acceptors (Lipinski definition) is 4. The van der Waals surface area contributed by atoms with E-state index >= 15 is 0 Å². The maximum Gasteiger partial charge on any atom is 0.412 e. The number of rotatable bonds is 3. The molecular formula is C14H19ClN2O3. The minimum absolute atomic E-state index is 0.262. The molecule has 0 aliphatic heterocycles. The molecule has 0 bridgehead atoms. The number of Topliss-reactive ketones (excluding diaryl/α,β-unsaturated/α-hetero) is 1. The maximum atomic E-state index is 12.0. The number of halogens is 1. The van der Waals surface area contributed by atoms with Crippen molar-refractivity contribution in [1.29, 1.82) is 0 Å².